The smallest absolute Gasteiger partial charge is 0.156 e. The normalized spacial score (nSPS) is 36.3. The first-order valence-corrected chi connectivity index (χ1v) is 12.4. The summed E-state index contributed by atoms with van der Waals surface area (Å²) in [5, 5.41) is 21.4. The van der Waals surface area contributed by atoms with Gasteiger partial charge in [-0.25, -0.2) is 0 Å². The average molecular weight is 433 g/mol. The van der Waals surface area contributed by atoms with Crippen LogP contribution < -0.4 is 0 Å². The third-order valence-electron chi connectivity index (χ3n) is 9.38. The lowest BCUT2D eigenvalue weighted by Crippen LogP contribution is -2.51. The highest BCUT2D eigenvalue weighted by molar-refractivity contribution is 5.93. The Balaban J connectivity index is 1.64. The lowest BCUT2D eigenvalue weighted by molar-refractivity contribution is -0.114. The second kappa shape index (κ2) is 8.11. The van der Waals surface area contributed by atoms with Crippen LogP contribution >= 0.6 is 0 Å². The van der Waals surface area contributed by atoms with Gasteiger partial charge < -0.3 is 10.2 Å². The maximum absolute atomic E-state index is 12.2. The predicted octanol–water partition coefficient (Wildman–Crippen LogP) is 5.73. The van der Waals surface area contributed by atoms with Gasteiger partial charge in [0.05, 0.1) is 5.60 Å². The minimum atomic E-state index is -0.714. The molecule has 0 bridgehead atoms. The fourth-order valence-electron chi connectivity index (χ4n) is 7.70. The Labute approximate surface area is 191 Å². The Morgan fingerprint density at radius 1 is 1.16 bits per heavy atom. The standard InChI is InChI=1S/C29H36O3/c1-3-19-5-7-20(8-6-19)25-18-28(2)26(13-15-29(28,32)14-4-16-30)24-11-9-21-17-22(31)10-12-23(21)27(24)25/h3,5-8,17,24-26,30,32H,1,4,9-16,18H2,2H3/t24-,25+,26-,28+,29+/m0/s1. The van der Waals surface area contributed by atoms with Gasteiger partial charge in [-0.1, -0.05) is 49.4 Å². The van der Waals surface area contributed by atoms with Crippen LogP contribution in [0.15, 0.2) is 53.6 Å². The van der Waals surface area contributed by atoms with Gasteiger partial charge in [-0.05, 0) is 91.6 Å². The fourth-order valence-corrected chi connectivity index (χ4v) is 7.70. The van der Waals surface area contributed by atoms with Crippen LogP contribution in [0.4, 0.5) is 0 Å². The highest BCUT2D eigenvalue weighted by Crippen LogP contribution is 2.67. The van der Waals surface area contributed by atoms with Gasteiger partial charge in [0.15, 0.2) is 5.78 Å². The lowest BCUT2D eigenvalue weighted by atomic mass is 9.51. The molecule has 2 N–H and O–H groups in total. The van der Waals surface area contributed by atoms with E-state index in [-0.39, 0.29) is 23.7 Å². The van der Waals surface area contributed by atoms with Crippen molar-refractivity contribution < 1.29 is 15.0 Å². The van der Waals surface area contributed by atoms with E-state index in [9.17, 15) is 15.0 Å². The number of carbonyl (C=O) groups excluding carboxylic acids is 1. The molecule has 2 saturated carbocycles. The SMILES string of the molecule is C=Cc1ccc([C@H]2C[C@]3(C)[C@@H](CC[C@]3(O)CCCO)[C@@H]3CCC4=CC(=O)CCC4=C32)cc1. The van der Waals surface area contributed by atoms with E-state index in [2.05, 4.69) is 37.8 Å². The monoisotopic (exact) mass is 432 g/mol. The van der Waals surface area contributed by atoms with Crippen molar-refractivity contribution in [3.05, 3.63) is 64.8 Å². The molecule has 170 valence electrons. The minimum Gasteiger partial charge on any atom is -0.396 e. The Bertz CT molecular complexity index is 984. The fraction of sp³-hybridized carbons (Fsp3) is 0.552. The van der Waals surface area contributed by atoms with Gasteiger partial charge in [-0.15, -0.1) is 0 Å². The van der Waals surface area contributed by atoms with Crippen molar-refractivity contribution in [3.63, 3.8) is 0 Å². The molecule has 5 atom stereocenters. The van der Waals surface area contributed by atoms with Crippen molar-refractivity contribution in [2.75, 3.05) is 6.61 Å². The van der Waals surface area contributed by atoms with Gasteiger partial charge in [0.2, 0.25) is 0 Å². The molecule has 0 saturated heterocycles. The van der Waals surface area contributed by atoms with Crippen LogP contribution in [0.1, 0.15) is 81.8 Å². The highest BCUT2D eigenvalue weighted by Gasteiger charge is 2.62. The number of hydrogen-bond acceptors (Lipinski definition) is 3. The second-order valence-electron chi connectivity index (χ2n) is 10.8. The number of hydrogen-bond donors (Lipinski definition) is 2. The molecule has 5 rings (SSSR count). The van der Waals surface area contributed by atoms with E-state index in [0.717, 1.165) is 44.1 Å². The summed E-state index contributed by atoms with van der Waals surface area (Å²) < 4.78 is 0. The van der Waals surface area contributed by atoms with Crippen molar-refractivity contribution in [2.45, 2.75) is 76.2 Å². The lowest BCUT2D eigenvalue weighted by Gasteiger charge is -2.55. The zero-order valence-electron chi connectivity index (χ0n) is 19.3. The number of ketones is 1. The summed E-state index contributed by atoms with van der Waals surface area (Å²) in [4.78, 5) is 12.2. The van der Waals surface area contributed by atoms with Crippen LogP contribution in [0, 0.1) is 17.3 Å². The van der Waals surface area contributed by atoms with Gasteiger partial charge in [0.25, 0.3) is 0 Å². The van der Waals surface area contributed by atoms with Crippen LogP contribution in [-0.2, 0) is 4.79 Å². The molecule has 32 heavy (non-hydrogen) atoms. The van der Waals surface area contributed by atoms with Crippen LogP contribution in [0.2, 0.25) is 0 Å². The van der Waals surface area contributed by atoms with Crippen LogP contribution in [0.3, 0.4) is 0 Å². The third kappa shape index (κ3) is 3.28. The van der Waals surface area contributed by atoms with Crippen LogP contribution in [-0.4, -0.2) is 28.2 Å². The summed E-state index contributed by atoms with van der Waals surface area (Å²) in [7, 11) is 0. The van der Waals surface area contributed by atoms with Crippen molar-refractivity contribution in [3.8, 4) is 0 Å². The first-order valence-electron chi connectivity index (χ1n) is 12.4. The van der Waals surface area contributed by atoms with E-state index in [1.54, 1.807) is 5.57 Å². The molecule has 4 aliphatic carbocycles. The van der Waals surface area contributed by atoms with Gasteiger partial charge in [-0.3, -0.25) is 4.79 Å². The van der Waals surface area contributed by atoms with E-state index in [1.165, 1.54) is 16.7 Å². The zero-order chi connectivity index (χ0) is 22.5. The van der Waals surface area contributed by atoms with E-state index in [1.807, 2.05) is 12.2 Å². The topological polar surface area (TPSA) is 57.5 Å². The molecule has 0 heterocycles. The van der Waals surface area contributed by atoms with Crippen molar-refractivity contribution >= 4 is 11.9 Å². The molecule has 0 amide bonds. The third-order valence-corrected chi connectivity index (χ3v) is 9.38. The molecule has 0 aromatic heterocycles. The Morgan fingerprint density at radius 3 is 2.66 bits per heavy atom. The molecule has 0 unspecified atom stereocenters. The molecular formula is C29H36O3. The number of carbonyl (C=O) groups is 1. The number of allylic oxidation sites excluding steroid dienone is 4. The maximum Gasteiger partial charge on any atom is 0.156 e. The van der Waals surface area contributed by atoms with Gasteiger partial charge in [-0.2, -0.15) is 0 Å². The molecule has 3 nitrogen and oxygen atoms in total. The summed E-state index contributed by atoms with van der Waals surface area (Å²) in [6.45, 7) is 6.36. The number of aliphatic hydroxyl groups is 2. The van der Waals surface area contributed by atoms with Crippen molar-refractivity contribution in [1.29, 1.82) is 0 Å². The summed E-state index contributed by atoms with van der Waals surface area (Å²) in [5.41, 5.74) is 5.85. The summed E-state index contributed by atoms with van der Waals surface area (Å²) >= 11 is 0. The first-order chi connectivity index (χ1) is 15.4. The number of rotatable bonds is 5. The molecule has 0 aliphatic heterocycles. The van der Waals surface area contributed by atoms with Crippen molar-refractivity contribution in [1.82, 2.24) is 0 Å². The summed E-state index contributed by atoms with van der Waals surface area (Å²) in [6.07, 6.45) is 11.5. The molecule has 3 heteroatoms. The van der Waals surface area contributed by atoms with Crippen LogP contribution in [0.5, 0.6) is 0 Å². The Morgan fingerprint density at radius 2 is 1.94 bits per heavy atom. The summed E-state index contributed by atoms with van der Waals surface area (Å²) in [5.74, 6) is 1.48. The van der Waals surface area contributed by atoms with Gasteiger partial charge in [0.1, 0.15) is 0 Å². The Kier molecular flexibility index (Phi) is 5.54. The van der Waals surface area contributed by atoms with E-state index in [0.29, 0.717) is 31.1 Å². The van der Waals surface area contributed by atoms with Crippen molar-refractivity contribution in [2.24, 2.45) is 17.3 Å². The average Bonchev–Trinajstić information content (AvgIpc) is 3.07. The largest absolute Gasteiger partial charge is 0.396 e. The molecule has 0 radical (unpaired) electrons. The van der Waals surface area contributed by atoms with E-state index >= 15 is 0 Å². The molecule has 4 aliphatic rings. The van der Waals surface area contributed by atoms with E-state index < -0.39 is 5.60 Å². The minimum absolute atomic E-state index is 0.135. The molecule has 1 aromatic rings. The van der Waals surface area contributed by atoms with Crippen LogP contribution in [0.25, 0.3) is 6.08 Å². The quantitative estimate of drug-likeness (QED) is 0.624. The second-order valence-corrected chi connectivity index (χ2v) is 10.8. The van der Waals surface area contributed by atoms with E-state index in [4.69, 9.17) is 0 Å². The highest BCUT2D eigenvalue weighted by atomic mass is 16.3. The predicted molar refractivity (Wildman–Crippen MR) is 128 cm³/mol. The van der Waals surface area contributed by atoms with Gasteiger partial charge >= 0.3 is 0 Å². The molecule has 2 fully saturated rings. The van der Waals surface area contributed by atoms with Gasteiger partial charge in [0, 0.05) is 24.4 Å². The Hall–Kier alpha value is -1.97. The molecular weight excluding hydrogens is 396 g/mol. The first kappa shape index (κ1) is 21.9. The maximum atomic E-state index is 12.2. The molecule has 1 aromatic carbocycles. The summed E-state index contributed by atoms with van der Waals surface area (Å²) in [6, 6.07) is 8.77. The number of benzene rings is 1. The molecule has 0 spiro atoms. The number of aliphatic hydroxyl groups excluding tert-OH is 1. The zero-order valence-corrected chi connectivity index (χ0v) is 19.3. The number of fused-ring (bicyclic) bond motifs is 4.